The van der Waals surface area contributed by atoms with Crippen LogP contribution in [0.15, 0.2) is 30.3 Å². The molecule has 0 bridgehead atoms. The molecule has 2 aromatic rings. The van der Waals surface area contributed by atoms with E-state index in [4.69, 9.17) is 4.74 Å². The number of urea groups is 1. The van der Waals surface area contributed by atoms with Crippen molar-refractivity contribution in [3.8, 4) is 5.75 Å². The second-order valence-corrected chi connectivity index (χ2v) is 6.00. The molecule has 3 rings (SSSR count). The molecule has 1 saturated heterocycles. The van der Waals surface area contributed by atoms with Gasteiger partial charge in [0.05, 0.1) is 0 Å². The number of halogens is 5. The van der Waals surface area contributed by atoms with Gasteiger partial charge in [0.15, 0.2) is 5.75 Å². The highest BCUT2D eigenvalue weighted by Gasteiger charge is 2.30. The van der Waals surface area contributed by atoms with E-state index in [1.807, 2.05) is 0 Å². The molecule has 27 heavy (non-hydrogen) atoms. The normalized spacial score (nSPS) is 14.9. The summed E-state index contributed by atoms with van der Waals surface area (Å²) in [7, 11) is 0. The Bertz CT molecular complexity index is 810. The minimum Gasteiger partial charge on any atom is -0.484 e. The Kier molecular flexibility index (Phi) is 5.48. The van der Waals surface area contributed by atoms with Crippen molar-refractivity contribution < 1.29 is 31.5 Å². The Labute approximate surface area is 151 Å². The Morgan fingerprint density at radius 3 is 1.96 bits per heavy atom. The highest BCUT2D eigenvalue weighted by molar-refractivity contribution is 5.89. The van der Waals surface area contributed by atoms with Gasteiger partial charge in [0.2, 0.25) is 29.1 Å². The van der Waals surface area contributed by atoms with Crippen LogP contribution >= 0.6 is 0 Å². The van der Waals surface area contributed by atoms with Gasteiger partial charge in [0.1, 0.15) is 6.10 Å². The van der Waals surface area contributed by atoms with Crippen LogP contribution in [0.5, 0.6) is 5.75 Å². The molecule has 0 aromatic heterocycles. The summed E-state index contributed by atoms with van der Waals surface area (Å²) in [5.41, 5.74) is 0.613. The lowest BCUT2D eigenvalue weighted by molar-refractivity contribution is 0.105. The monoisotopic (exact) mass is 386 g/mol. The van der Waals surface area contributed by atoms with Gasteiger partial charge >= 0.3 is 6.03 Å². The largest absolute Gasteiger partial charge is 0.484 e. The summed E-state index contributed by atoms with van der Waals surface area (Å²) in [6.45, 7) is 0.414. The van der Waals surface area contributed by atoms with E-state index in [1.54, 1.807) is 30.3 Å². The molecule has 0 unspecified atom stereocenters. The maximum absolute atomic E-state index is 13.7. The topological polar surface area (TPSA) is 41.6 Å². The van der Waals surface area contributed by atoms with Gasteiger partial charge in [0.25, 0.3) is 0 Å². The van der Waals surface area contributed by atoms with Crippen LogP contribution in [-0.4, -0.2) is 30.1 Å². The Morgan fingerprint density at radius 1 is 0.889 bits per heavy atom. The van der Waals surface area contributed by atoms with Crippen molar-refractivity contribution in [3.63, 3.8) is 0 Å². The van der Waals surface area contributed by atoms with Gasteiger partial charge < -0.3 is 15.0 Å². The van der Waals surface area contributed by atoms with Crippen molar-refractivity contribution in [2.24, 2.45) is 0 Å². The summed E-state index contributed by atoms with van der Waals surface area (Å²) in [6.07, 6.45) is -0.414. The number of hydrogen-bond donors (Lipinski definition) is 1. The van der Waals surface area contributed by atoms with Crippen LogP contribution in [0.2, 0.25) is 0 Å². The SMILES string of the molecule is O=C(Nc1ccccc1)N1CCC(Oc2c(F)c(F)c(F)c(F)c2F)CC1. The number of benzene rings is 2. The van der Waals surface area contributed by atoms with E-state index in [0.29, 0.717) is 5.69 Å². The van der Waals surface area contributed by atoms with E-state index in [0.717, 1.165) is 0 Å². The van der Waals surface area contributed by atoms with Crippen molar-refractivity contribution >= 4 is 11.7 Å². The molecule has 1 heterocycles. The number of para-hydroxylation sites is 1. The third-order valence-corrected chi connectivity index (χ3v) is 4.21. The van der Waals surface area contributed by atoms with Crippen molar-refractivity contribution in [1.82, 2.24) is 4.90 Å². The van der Waals surface area contributed by atoms with E-state index in [-0.39, 0.29) is 32.0 Å². The van der Waals surface area contributed by atoms with Crippen LogP contribution in [0, 0.1) is 29.1 Å². The molecular weight excluding hydrogens is 371 g/mol. The Morgan fingerprint density at radius 2 is 1.41 bits per heavy atom. The second-order valence-electron chi connectivity index (χ2n) is 6.00. The van der Waals surface area contributed by atoms with E-state index in [2.05, 4.69) is 5.32 Å². The number of hydrogen-bond acceptors (Lipinski definition) is 2. The number of ether oxygens (including phenoxy) is 1. The lowest BCUT2D eigenvalue weighted by Crippen LogP contribution is -2.43. The van der Waals surface area contributed by atoms with Gasteiger partial charge in [0, 0.05) is 31.6 Å². The summed E-state index contributed by atoms with van der Waals surface area (Å²) < 4.78 is 71.9. The first-order valence-electron chi connectivity index (χ1n) is 8.17. The molecule has 1 aliphatic heterocycles. The van der Waals surface area contributed by atoms with E-state index in [9.17, 15) is 26.7 Å². The summed E-state index contributed by atoms with van der Waals surface area (Å²) in [5, 5.41) is 2.70. The highest BCUT2D eigenvalue weighted by atomic mass is 19.2. The van der Waals surface area contributed by atoms with Crippen LogP contribution in [0.4, 0.5) is 32.4 Å². The average Bonchev–Trinajstić information content (AvgIpc) is 2.69. The number of likely N-dealkylation sites (tertiary alicyclic amines) is 1. The maximum Gasteiger partial charge on any atom is 0.321 e. The van der Waals surface area contributed by atoms with Crippen LogP contribution < -0.4 is 10.1 Å². The molecule has 144 valence electrons. The van der Waals surface area contributed by atoms with Crippen molar-refractivity contribution in [2.45, 2.75) is 18.9 Å². The van der Waals surface area contributed by atoms with Crippen molar-refractivity contribution in [1.29, 1.82) is 0 Å². The number of nitrogens with zero attached hydrogens (tertiary/aromatic N) is 1. The van der Waals surface area contributed by atoms with Crippen molar-refractivity contribution in [2.75, 3.05) is 18.4 Å². The van der Waals surface area contributed by atoms with Crippen molar-refractivity contribution in [3.05, 3.63) is 59.4 Å². The molecule has 2 aromatic carbocycles. The van der Waals surface area contributed by atoms with Gasteiger partial charge in [-0.3, -0.25) is 0 Å². The van der Waals surface area contributed by atoms with Crippen LogP contribution in [0.25, 0.3) is 0 Å². The predicted octanol–water partition coefficient (Wildman–Crippen LogP) is 4.46. The first kappa shape index (κ1) is 18.9. The Balaban J connectivity index is 1.61. The average molecular weight is 386 g/mol. The van der Waals surface area contributed by atoms with E-state index >= 15 is 0 Å². The molecule has 0 atom stereocenters. The molecule has 1 fully saturated rings. The quantitative estimate of drug-likeness (QED) is 0.481. The molecular formula is C18H15F5N2O2. The zero-order valence-corrected chi connectivity index (χ0v) is 13.9. The number of carbonyl (C=O) groups is 1. The molecule has 2 amide bonds. The minimum atomic E-state index is -2.23. The number of rotatable bonds is 3. The van der Waals surface area contributed by atoms with Gasteiger partial charge in [-0.05, 0) is 12.1 Å². The van der Waals surface area contributed by atoms with Gasteiger partial charge in [-0.2, -0.15) is 8.78 Å². The molecule has 1 aliphatic rings. The summed E-state index contributed by atoms with van der Waals surface area (Å²) in [5.74, 6) is -11.6. The zero-order valence-electron chi connectivity index (χ0n) is 13.9. The molecule has 9 heteroatoms. The van der Waals surface area contributed by atoms with Crippen LogP contribution in [0.3, 0.4) is 0 Å². The summed E-state index contributed by atoms with van der Waals surface area (Å²) in [6, 6.07) is 8.42. The fourth-order valence-corrected chi connectivity index (χ4v) is 2.76. The second kappa shape index (κ2) is 7.81. The maximum atomic E-state index is 13.7. The molecule has 0 radical (unpaired) electrons. The lowest BCUT2D eigenvalue weighted by Gasteiger charge is -2.32. The zero-order chi connectivity index (χ0) is 19.6. The summed E-state index contributed by atoms with van der Waals surface area (Å²) >= 11 is 0. The fraction of sp³-hybridized carbons (Fsp3) is 0.278. The standard InChI is InChI=1S/C18H15F5N2O2/c19-12-13(20)15(22)17(16(23)14(12)21)27-11-6-8-25(9-7-11)18(26)24-10-4-2-1-3-5-10/h1-5,11H,6-9H2,(H,24,26). The van der Waals surface area contributed by atoms with Gasteiger partial charge in [-0.1, -0.05) is 18.2 Å². The molecule has 0 aliphatic carbocycles. The fourth-order valence-electron chi connectivity index (χ4n) is 2.76. The van der Waals surface area contributed by atoms with E-state index < -0.39 is 40.9 Å². The third kappa shape index (κ3) is 3.96. The van der Waals surface area contributed by atoms with Gasteiger partial charge in [-0.25, -0.2) is 18.0 Å². The molecule has 4 nitrogen and oxygen atoms in total. The van der Waals surface area contributed by atoms with Gasteiger partial charge in [-0.15, -0.1) is 0 Å². The molecule has 0 spiro atoms. The number of amides is 2. The lowest BCUT2D eigenvalue weighted by atomic mass is 10.1. The van der Waals surface area contributed by atoms with E-state index in [1.165, 1.54) is 4.90 Å². The molecule has 0 saturated carbocycles. The third-order valence-electron chi connectivity index (χ3n) is 4.21. The first-order chi connectivity index (χ1) is 12.9. The van der Waals surface area contributed by atoms with Crippen LogP contribution in [-0.2, 0) is 0 Å². The first-order valence-corrected chi connectivity index (χ1v) is 8.17. The number of carbonyl (C=O) groups excluding carboxylic acids is 1. The number of piperidine rings is 1. The smallest absolute Gasteiger partial charge is 0.321 e. The Hall–Kier alpha value is -2.84. The number of nitrogens with one attached hydrogen (secondary N) is 1. The molecule has 1 N–H and O–H groups in total. The number of anilines is 1. The highest BCUT2D eigenvalue weighted by Crippen LogP contribution is 2.31. The minimum absolute atomic E-state index is 0.182. The predicted molar refractivity (Wildman–Crippen MR) is 86.9 cm³/mol. The summed E-state index contributed by atoms with van der Waals surface area (Å²) in [4.78, 5) is 13.7. The van der Waals surface area contributed by atoms with Crippen LogP contribution in [0.1, 0.15) is 12.8 Å².